The SMILES string of the molecule is Cc1[nH]c2ccccc2c1C(C[N+](=O)[O-])c1ccc(OC(F)F)cc1. The number of halogens is 2. The molecule has 3 rings (SSSR count). The van der Waals surface area contributed by atoms with Crippen LogP contribution in [-0.4, -0.2) is 23.1 Å². The van der Waals surface area contributed by atoms with Gasteiger partial charge < -0.3 is 9.72 Å². The van der Waals surface area contributed by atoms with Gasteiger partial charge in [-0.05, 0) is 36.2 Å². The second-order valence-corrected chi connectivity index (χ2v) is 5.72. The summed E-state index contributed by atoms with van der Waals surface area (Å²) in [6, 6.07) is 13.6. The van der Waals surface area contributed by atoms with Crippen molar-refractivity contribution in [3.63, 3.8) is 0 Å². The maximum atomic E-state index is 12.3. The standard InChI is InChI=1S/C18H16F2N2O3/c1-11-17(14-4-2-3-5-16(14)21-11)15(10-22(23)24)12-6-8-13(9-7-12)25-18(19)20/h2-9,15,18,21H,10H2,1H3. The lowest BCUT2D eigenvalue weighted by atomic mass is 9.89. The van der Waals surface area contributed by atoms with Gasteiger partial charge in [0, 0.05) is 21.5 Å². The Balaban J connectivity index is 2.05. The molecule has 0 aliphatic heterocycles. The number of nitro groups is 1. The first-order valence-electron chi connectivity index (χ1n) is 7.69. The Hall–Kier alpha value is -2.96. The summed E-state index contributed by atoms with van der Waals surface area (Å²) in [6.45, 7) is -1.33. The fourth-order valence-corrected chi connectivity index (χ4v) is 3.14. The number of hydrogen-bond donors (Lipinski definition) is 1. The van der Waals surface area contributed by atoms with E-state index < -0.39 is 12.5 Å². The van der Waals surface area contributed by atoms with E-state index in [9.17, 15) is 18.9 Å². The van der Waals surface area contributed by atoms with Crippen molar-refractivity contribution < 1.29 is 18.4 Å². The van der Waals surface area contributed by atoms with E-state index >= 15 is 0 Å². The molecule has 0 fully saturated rings. The first-order chi connectivity index (χ1) is 12.0. The Morgan fingerprint density at radius 1 is 1.16 bits per heavy atom. The van der Waals surface area contributed by atoms with Crippen LogP contribution in [-0.2, 0) is 0 Å². The second kappa shape index (κ2) is 6.88. The van der Waals surface area contributed by atoms with Gasteiger partial charge in [0.25, 0.3) is 0 Å². The molecule has 0 aliphatic rings. The molecule has 1 N–H and O–H groups in total. The van der Waals surface area contributed by atoms with Gasteiger partial charge >= 0.3 is 6.61 Å². The van der Waals surface area contributed by atoms with E-state index in [2.05, 4.69) is 9.72 Å². The summed E-state index contributed by atoms with van der Waals surface area (Å²) in [6.07, 6.45) is 0. The molecular weight excluding hydrogens is 330 g/mol. The van der Waals surface area contributed by atoms with Gasteiger partial charge in [-0.3, -0.25) is 10.1 Å². The highest BCUT2D eigenvalue weighted by Gasteiger charge is 2.25. The quantitative estimate of drug-likeness (QED) is 0.528. The normalized spacial score (nSPS) is 12.5. The van der Waals surface area contributed by atoms with Crippen LogP contribution in [0.25, 0.3) is 10.9 Å². The number of fused-ring (bicyclic) bond motifs is 1. The number of ether oxygens (including phenoxy) is 1. The van der Waals surface area contributed by atoms with E-state index in [4.69, 9.17) is 0 Å². The fraction of sp³-hybridized carbons (Fsp3) is 0.222. The summed E-state index contributed by atoms with van der Waals surface area (Å²) >= 11 is 0. The molecule has 0 saturated carbocycles. The van der Waals surface area contributed by atoms with Crippen molar-refractivity contribution in [2.75, 3.05) is 6.54 Å². The minimum Gasteiger partial charge on any atom is -0.435 e. The van der Waals surface area contributed by atoms with Crippen LogP contribution in [0.5, 0.6) is 5.75 Å². The molecule has 0 spiro atoms. The Kier molecular flexibility index (Phi) is 4.65. The smallest absolute Gasteiger partial charge is 0.387 e. The third-order valence-electron chi connectivity index (χ3n) is 4.13. The van der Waals surface area contributed by atoms with Crippen molar-refractivity contribution in [1.82, 2.24) is 4.98 Å². The van der Waals surface area contributed by atoms with Gasteiger partial charge in [0.15, 0.2) is 0 Å². The Morgan fingerprint density at radius 2 is 1.84 bits per heavy atom. The number of alkyl halides is 2. The average molecular weight is 346 g/mol. The summed E-state index contributed by atoms with van der Waals surface area (Å²) in [4.78, 5) is 14.1. The molecule has 0 amide bonds. The zero-order chi connectivity index (χ0) is 18.0. The van der Waals surface area contributed by atoms with Gasteiger partial charge in [-0.2, -0.15) is 8.78 Å². The Labute approximate surface area is 142 Å². The van der Waals surface area contributed by atoms with Crippen molar-refractivity contribution in [3.8, 4) is 5.75 Å². The van der Waals surface area contributed by atoms with E-state index in [-0.39, 0.29) is 17.2 Å². The molecule has 2 aromatic carbocycles. The molecular formula is C18H16F2N2O3. The van der Waals surface area contributed by atoms with Gasteiger partial charge in [-0.15, -0.1) is 0 Å². The summed E-state index contributed by atoms with van der Waals surface area (Å²) in [5.41, 5.74) is 3.27. The number of aryl methyl sites for hydroxylation is 1. The van der Waals surface area contributed by atoms with Crippen LogP contribution in [0.15, 0.2) is 48.5 Å². The molecule has 1 heterocycles. The molecule has 130 valence electrons. The van der Waals surface area contributed by atoms with Crippen LogP contribution in [0.2, 0.25) is 0 Å². The average Bonchev–Trinajstić information content (AvgIpc) is 2.88. The number of nitrogens with zero attached hydrogens (tertiary/aromatic N) is 1. The highest BCUT2D eigenvalue weighted by molar-refractivity contribution is 5.85. The van der Waals surface area contributed by atoms with Crippen LogP contribution in [0, 0.1) is 17.0 Å². The molecule has 1 atom stereocenters. The maximum Gasteiger partial charge on any atom is 0.387 e. The molecule has 5 nitrogen and oxygen atoms in total. The molecule has 7 heteroatoms. The van der Waals surface area contributed by atoms with Crippen LogP contribution >= 0.6 is 0 Å². The highest BCUT2D eigenvalue weighted by Crippen LogP contribution is 2.34. The van der Waals surface area contributed by atoms with E-state index in [1.54, 1.807) is 12.1 Å². The molecule has 0 radical (unpaired) electrons. The molecule has 3 aromatic rings. The summed E-state index contributed by atoms with van der Waals surface area (Å²) in [5, 5.41) is 12.1. The molecule has 0 saturated heterocycles. The van der Waals surface area contributed by atoms with Crippen molar-refractivity contribution >= 4 is 10.9 Å². The number of H-pyrrole nitrogens is 1. The molecule has 25 heavy (non-hydrogen) atoms. The fourth-order valence-electron chi connectivity index (χ4n) is 3.14. The first-order valence-corrected chi connectivity index (χ1v) is 7.69. The number of hydrogen-bond acceptors (Lipinski definition) is 3. The van der Waals surface area contributed by atoms with Crippen molar-refractivity contribution in [2.24, 2.45) is 0 Å². The molecule has 1 unspecified atom stereocenters. The van der Waals surface area contributed by atoms with Crippen LogP contribution in [0.3, 0.4) is 0 Å². The minimum atomic E-state index is -2.91. The largest absolute Gasteiger partial charge is 0.435 e. The zero-order valence-electron chi connectivity index (χ0n) is 13.4. The highest BCUT2D eigenvalue weighted by atomic mass is 19.3. The minimum absolute atomic E-state index is 0.0225. The Bertz CT molecular complexity index is 891. The summed E-state index contributed by atoms with van der Waals surface area (Å²) < 4.78 is 28.9. The van der Waals surface area contributed by atoms with Crippen LogP contribution in [0.4, 0.5) is 8.78 Å². The second-order valence-electron chi connectivity index (χ2n) is 5.72. The predicted molar refractivity (Wildman–Crippen MR) is 89.8 cm³/mol. The Morgan fingerprint density at radius 3 is 2.48 bits per heavy atom. The third kappa shape index (κ3) is 3.60. The first kappa shape index (κ1) is 16.9. The lowest BCUT2D eigenvalue weighted by Gasteiger charge is -2.15. The molecule has 0 aliphatic carbocycles. The van der Waals surface area contributed by atoms with E-state index in [0.717, 1.165) is 22.2 Å². The number of nitrogens with one attached hydrogen (secondary N) is 1. The summed E-state index contributed by atoms with van der Waals surface area (Å²) in [5.74, 6) is -0.471. The monoisotopic (exact) mass is 346 g/mol. The number of para-hydroxylation sites is 1. The number of aromatic amines is 1. The molecule has 0 bridgehead atoms. The van der Waals surface area contributed by atoms with Gasteiger partial charge in [0.05, 0.1) is 5.92 Å². The maximum absolute atomic E-state index is 12.3. The van der Waals surface area contributed by atoms with Crippen LogP contribution < -0.4 is 4.74 Å². The predicted octanol–water partition coefficient (Wildman–Crippen LogP) is 4.49. The van der Waals surface area contributed by atoms with Gasteiger partial charge in [-0.25, -0.2) is 0 Å². The van der Waals surface area contributed by atoms with Crippen molar-refractivity contribution in [3.05, 3.63) is 75.5 Å². The lowest BCUT2D eigenvalue weighted by Crippen LogP contribution is -2.14. The van der Waals surface area contributed by atoms with E-state index in [1.807, 2.05) is 31.2 Å². The van der Waals surface area contributed by atoms with Gasteiger partial charge in [-0.1, -0.05) is 30.3 Å². The summed E-state index contributed by atoms with van der Waals surface area (Å²) in [7, 11) is 0. The number of rotatable bonds is 6. The van der Waals surface area contributed by atoms with Crippen molar-refractivity contribution in [1.29, 1.82) is 0 Å². The van der Waals surface area contributed by atoms with Gasteiger partial charge in [0.2, 0.25) is 6.54 Å². The molecule has 1 aromatic heterocycles. The van der Waals surface area contributed by atoms with E-state index in [1.165, 1.54) is 12.1 Å². The van der Waals surface area contributed by atoms with Crippen molar-refractivity contribution in [2.45, 2.75) is 19.5 Å². The number of aromatic nitrogens is 1. The topological polar surface area (TPSA) is 68.2 Å². The number of benzene rings is 2. The van der Waals surface area contributed by atoms with Crippen LogP contribution in [0.1, 0.15) is 22.7 Å². The van der Waals surface area contributed by atoms with E-state index in [0.29, 0.717) is 5.56 Å². The zero-order valence-corrected chi connectivity index (χ0v) is 13.4. The van der Waals surface area contributed by atoms with Gasteiger partial charge in [0.1, 0.15) is 5.75 Å². The third-order valence-corrected chi connectivity index (χ3v) is 4.13. The lowest BCUT2D eigenvalue weighted by molar-refractivity contribution is -0.481.